The normalized spacial score (nSPS) is 27.4. The Bertz CT molecular complexity index is 1400. The van der Waals surface area contributed by atoms with Crippen LogP contribution in [0.2, 0.25) is 0 Å². The maximum Gasteiger partial charge on any atom is 0.328 e. The van der Waals surface area contributed by atoms with Crippen LogP contribution in [0.5, 0.6) is 0 Å². The van der Waals surface area contributed by atoms with Crippen LogP contribution >= 0.6 is 0 Å². The van der Waals surface area contributed by atoms with E-state index in [1.807, 2.05) is 0 Å². The van der Waals surface area contributed by atoms with Crippen LogP contribution in [-0.4, -0.2) is 47.5 Å². The van der Waals surface area contributed by atoms with Gasteiger partial charge in [-0.05, 0) is 44.0 Å². The first-order valence-electron chi connectivity index (χ1n) is 11.1. The second-order valence-electron chi connectivity index (χ2n) is 9.14. The summed E-state index contributed by atoms with van der Waals surface area (Å²) < 4.78 is 41.5. The van der Waals surface area contributed by atoms with Crippen LogP contribution in [0.3, 0.4) is 0 Å². The minimum absolute atomic E-state index is 0.138. The van der Waals surface area contributed by atoms with Gasteiger partial charge in [0.25, 0.3) is 0 Å². The van der Waals surface area contributed by atoms with Gasteiger partial charge in [0.1, 0.15) is 17.6 Å². The van der Waals surface area contributed by atoms with Gasteiger partial charge in [-0.2, -0.15) is 0 Å². The zero-order valence-electron chi connectivity index (χ0n) is 18.7. The summed E-state index contributed by atoms with van der Waals surface area (Å²) in [5.74, 6) is -2.16. The molecule has 2 aromatic carbocycles. The Morgan fingerprint density at radius 2 is 1.80 bits per heavy atom. The van der Waals surface area contributed by atoms with Crippen molar-refractivity contribution in [2.45, 2.75) is 44.8 Å². The number of nitrogens with zero attached hydrogens (tertiary/aromatic N) is 2. The molecule has 9 nitrogen and oxygen atoms in total. The molecule has 2 saturated heterocycles. The molecule has 6 rings (SSSR count). The van der Waals surface area contributed by atoms with Crippen LogP contribution in [0.1, 0.15) is 19.4 Å². The van der Waals surface area contributed by atoms with Crippen molar-refractivity contribution >= 4 is 34.5 Å². The van der Waals surface area contributed by atoms with Crippen LogP contribution in [0.15, 0.2) is 40.9 Å². The Hall–Kier alpha value is -3.86. The van der Waals surface area contributed by atoms with Crippen LogP contribution in [0.4, 0.5) is 19.3 Å². The minimum Gasteiger partial charge on any atom is -0.368 e. The summed E-state index contributed by atoms with van der Waals surface area (Å²) in [6, 6.07) is 7.31. The summed E-state index contributed by atoms with van der Waals surface area (Å²) in [7, 11) is 0. The molecule has 3 aromatic rings. The first-order chi connectivity index (χ1) is 16.7. The SMILES string of the molecule is CC1OC(C)C2N(c3cc4onc(-c5ccccc5F)c4cc3CC23C(=O)NC(=O)NC3=O)C1F. The highest BCUT2D eigenvalue weighted by Crippen LogP contribution is 2.50. The van der Waals surface area contributed by atoms with E-state index in [0.29, 0.717) is 22.2 Å². The molecule has 35 heavy (non-hydrogen) atoms. The molecule has 3 aliphatic rings. The molecule has 180 valence electrons. The van der Waals surface area contributed by atoms with Crippen LogP contribution < -0.4 is 15.5 Å². The number of barbiturate groups is 1. The average Bonchev–Trinajstić information content (AvgIpc) is 3.21. The van der Waals surface area contributed by atoms with E-state index >= 15 is 4.39 Å². The fraction of sp³-hybridized carbons (Fsp3) is 0.333. The van der Waals surface area contributed by atoms with Gasteiger partial charge in [-0.3, -0.25) is 20.2 Å². The van der Waals surface area contributed by atoms with Crippen molar-refractivity contribution in [3.63, 3.8) is 0 Å². The van der Waals surface area contributed by atoms with E-state index < -0.39 is 53.6 Å². The maximum absolute atomic E-state index is 15.7. The predicted octanol–water partition coefficient (Wildman–Crippen LogP) is 2.82. The number of ether oxygens (including phenoxy) is 1. The molecule has 2 N–H and O–H groups in total. The highest BCUT2D eigenvalue weighted by atomic mass is 19.1. The topological polar surface area (TPSA) is 114 Å². The van der Waals surface area contributed by atoms with Crippen molar-refractivity contribution in [2.75, 3.05) is 4.90 Å². The number of alkyl halides is 1. The first kappa shape index (κ1) is 21.7. The first-order valence-corrected chi connectivity index (χ1v) is 11.1. The van der Waals surface area contributed by atoms with E-state index in [2.05, 4.69) is 15.8 Å². The van der Waals surface area contributed by atoms with Crippen molar-refractivity contribution in [2.24, 2.45) is 5.41 Å². The molecule has 11 heteroatoms. The van der Waals surface area contributed by atoms with Gasteiger partial charge in [0.2, 0.25) is 11.8 Å². The number of urea groups is 1. The summed E-state index contributed by atoms with van der Waals surface area (Å²) in [6.45, 7) is 3.22. The van der Waals surface area contributed by atoms with Gasteiger partial charge in [-0.25, -0.2) is 13.6 Å². The third kappa shape index (κ3) is 2.87. The molecule has 4 heterocycles. The number of carbonyl (C=O) groups is 3. The van der Waals surface area contributed by atoms with Crippen molar-refractivity contribution in [1.29, 1.82) is 0 Å². The Morgan fingerprint density at radius 3 is 2.51 bits per heavy atom. The molecule has 4 atom stereocenters. The number of morpholine rings is 1. The molecule has 3 aliphatic heterocycles. The lowest BCUT2D eigenvalue weighted by Crippen LogP contribution is -2.76. The summed E-state index contributed by atoms with van der Waals surface area (Å²) in [5.41, 5.74) is -0.220. The molecule has 0 bridgehead atoms. The van der Waals surface area contributed by atoms with E-state index in [1.165, 1.54) is 11.0 Å². The lowest BCUT2D eigenvalue weighted by Gasteiger charge is -2.56. The van der Waals surface area contributed by atoms with E-state index in [-0.39, 0.29) is 17.7 Å². The standard InChI is InChI=1S/C24H20F2N4O5/c1-10-19-24(21(31)27-23(33)28-22(24)32)9-12-7-14-17(8-16(12)30(19)20(26)11(2)34-10)35-29-18(14)13-5-3-4-6-15(13)25/h3-8,10-11,19-20H,9H2,1-2H3,(H2,27,28,31,32,33). The van der Waals surface area contributed by atoms with Crippen molar-refractivity contribution < 1.29 is 32.4 Å². The third-order valence-corrected chi connectivity index (χ3v) is 7.14. The molecule has 1 spiro atoms. The molecule has 2 fully saturated rings. The molecule has 1 aromatic heterocycles. The van der Waals surface area contributed by atoms with Gasteiger partial charge in [0.05, 0.1) is 17.5 Å². The number of nitrogens with one attached hydrogen (secondary N) is 2. The van der Waals surface area contributed by atoms with Crippen LogP contribution in [-0.2, 0) is 20.7 Å². The van der Waals surface area contributed by atoms with Gasteiger partial charge in [-0.1, -0.05) is 17.3 Å². The number of halogens is 2. The zero-order valence-corrected chi connectivity index (χ0v) is 18.7. The number of amides is 4. The summed E-state index contributed by atoms with van der Waals surface area (Å²) in [5, 5.41) is 8.81. The van der Waals surface area contributed by atoms with E-state index in [9.17, 15) is 18.8 Å². The quantitative estimate of drug-likeness (QED) is 0.405. The minimum atomic E-state index is -1.84. The Kier molecular flexibility index (Phi) is 4.53. The monoisotopic (exact) mass is 482 g/mol. The second kappa shape index (κ2) is 7.32. The van der Waals surface area contributed by atoms with Crippen LogP contribution in [0.25, 0.3) is 22.2 Å². The van der Waals surface area contributed by atoms with Gasteiger partial charge in [0, 0.05) is 17.3 Å². The second-order valence-corrected chi connectivity index (χ2v) is 9.14. The van der Waals surface area contributed by atoms with E-state index in [1.54, 1.807) is 44.2 Å². The van der Waals surface area contributed by atoms with Crippen molar-refractivity contribution in [1.82, 2.24) is 15.8 Å². The van der Waals surface area contributed by atoms with Crippen LogP contribution in [0, 0.1) is 11.2 Å². The molecule has 0 saturated carbocycles. The Morgan fingerprint density at radius 1 is 1.09 bits per heavy atom. The maximum atomic E-state index is 15.7. The molecule has 0 radical (unpaired) electrons. The lowest BCUT2D eigenvalue weighted by atomic mass is 9.66. The molecular weight excluding hydrogens is 462 g/mol. The van der Waals surface area contributed by atoms with E-state index in [0.717, 1.165) is 0 Å². The van der Waals surface area contributed by atoms with Crippen molar-refractivity contribution in [3.8, 4) is 11.3 Å². The number of hydrogen-bond donors (Lipinski definition) is 2. The summed E-state index contributed by atoms with van der Waals surface area (Å²) in [6.07, 6.45) is -3.42. The molecule has 4 amide bonds. The largest absolute Gasteiger partial charge is 0.368 e. The molecular formula is C24H20F2N4O5. The summed E-state index contributed by atoms with van der Waals surface area (Å²) in [4.78, 5) is 39.7. The number of fused-ring (bicyclic) bond motifs is 5. The fourth-order valence-electron chi connectivity index (χ4n) is 5.65. The van der Waals surface area contributed by atoms with Gasteiger partial charge >= 0.3 is 6.03 Å². The number of anilines is 1. The number of benzene rings is 2. The Balaban J connectivity index is 1.60. The number of carbonyl (C=O) groups excluding carboxylic acids is 3. The Labute approximate surface area is 197 Å². The number of rotatable bonds is 1. The third-order valence-electron chi connectivity index (χ3n) is 7.14. The molecule has 4 unspecified atom stereocenters. The van der Waals surface area contributed by atoms with Gasteiger partial charge in [-0.15, -0.1) is 0 Å². The zero-order chi connectivity index (χ0) is 24.6. The lowest BCUT2D eigenvalue weighted by molar-refractivity contribution is -0.159. The van der Waals surface area contributed by atoms with Gasteiger partial charge < -0.3 is 14.2 Å². The van der Waals surface area contributed by atoms with E-state index in [4.69, 9.17) is 9.26 Å². The number of hydrogen-bond acceptors (Lipinski definition) is 7. The van der Waals surface area contributed by atoms with Gasteiger partial charge in [0.15, 0.2) is 17.3 Å². The highest BCUT2D eigenvalue weighted by molar-refractivity contribution is 6.20. The highest BCUT2D eigenvalue weighted by Gasteiger charge is 2.64. The smallest absolute Gasteiger partial charge is 0.328 e. The fourth-order valence-corrected chi connectivity index (χ4v) is 5.65. The number of aromatic nitrogens is 1. The summed E-state index contributed by atoms with van der Waals surface area (Å²) >= 11 is 0. The molecule has 0 aliphatic carbocycles. The predicted molar refractivity (Wildman–Crippen MR) is 118 cm³/mol. The van der Waals surface area contributed by atoms with Crippen molar-refractivity contribution in [3.05, 3.63) is 47.8 Å². The number of imide groups is 2. The average molecular weight is 482 g/mol.